The SMILES string of the molecule is CS(=O)c1ncn(-c2nc([C@@]34CC[C@@H](c5cc(-c6c(F)cccc6F)nnc53)C4(C)C)cc[n+]2[O-])n1. The summed E-state index contributed by atoms with van der Waals surface area (Å²) in [5.41, 5.74) is 1.09. The molecule has 6 rings (SSSR count). The second-order valence-corrected chi connectivity index (χ2v) is 11.0. The van der Waals surface area contributed by atoms with E-state index in [0.717, 1.165) is 18.4 Å². The first-order valence-corrected chi connectivity index (χ1v) is 12.9. The van der Waals surface area contributed by atoms with Gasteiger partial charge < -0.3 is 5.21 Å². The quantitative estimate of drug-likeness (QED) is 0.307. The van der Waals surface area contributed by atoms with Gasteiger partial charge in [0.2, 0.25) is 0 Å². The van der Waals surface area contributed by atoms with Crippen molar-refractivity contribution in [3.8, 4) is 17.2 Å². The summed E-state index contributed by atoms with van der Waals surface area (Å²) >= 11 is 0. The number of hydrogen-bond donors (Lipinski definition) is 0. The summed E-state index contributed by atoms with van der Waals surface area (Å²) in [5.74, 6) is -1.37. The van der Waals surface area contributed by atoms with E-state index in [1.165, 1.54) is 41.7 Å². The highest BCUT2D eigenvalue weighted by molar-refractivity contribution is 7.84. The van der Waals surface area contributed by atoms with Gasteiger partial charge in [0.05, 0.1) is 39.4 Å². The lowest BCUT2D eigenvalue weighted by molar-refractivity contribution is -0.603. The van der Waals surface area contributed by atoms with E-state index in [9.17, 15) is 18.2 Å². The average molecular weight is 510 g/mol. The van der Waals surface area contributed by atoms with Crippen LogP contribution in [0.1, 0.15) is 49.6 Å². The number of hydrogen-bond acceptors (Lipinski definition) is 7. The van der Waals surface area contributed by atoms with E-state index in [-0.39, 0.29) is 33.7 Å². The summed E-state index contributed by atoms with van der Waals surface area (Å²) in [5, 5.41) is 25.6. The van der Waals surface area contributed by atoms with Gasteiger partial charge in [0, 0.05) is 12.3 Å². The minimum Gasteiger partial charge on any atom is -0.740 e. The lowest BCUT2D eigenvalue weighted by Gasteiger charge is -2.35. The molecule has 184 valence electrons. The molecule has 2 aliphatic rings. The standard InChI is InChI=1S/C24H21F2N7O2S/c1-23(2)14-7-9-24(23,18-8-10-33(34)22(28-18)32-12-27-21(31-32)36(3)35)20-13(14)11-17(29-30-20)19-15(25)5-4-6-16(19)26/h4-6,8,10-12,14H,7,9H2,1-3H3/t14-,24-,36?/m0/s1. The Labute approximate surface area is 207 Å². The van der Waals surface area contributed by atoms with Crippen LogP contribution in [0.25, 0.3) is 17.2 Å². The van der Waals surface area contributed by atoms with Crippen molar-refractivity contribution < 1.29 is 17.7 Å². The van der Waals surface area contributed by atoms with Crippen LogP contribution in [0, 0.1) is 22.3 Å². The van der Waals surface area contributed by atoms with Gasteiger partial charge in [-0.15, -0.1) is 5.10 Å². The second-order valence-electron chi connectivity index (χ2n) is 9.71. The minimum atomic E-state index is -1.42. The molecule has 1 aromatic carbocycles. The number of rotatable bonds is 4. The van der Waals surface area contributed by atoms with Gasteiger partial charge in [-0.05, 0) is 47.9 Å². The first-order chi connectivity index (χ1) is 17.1. The Hall–Kier alpha value is -3.67. The summed E-state index contributed by atoms with van der Waals surface area (Å²) < 4.78 is 42.5. The maximum absolute atomic E-state index is 14.5. The Bertz CT molecular complexity index is 1550. The summed E-state index contributed by atoms with van der Waals surface area (Å²) in [6.07, 6.45) is 5.64. The number of aromatic nitrogens is 7. The Morgan fingerprint density at radius 3 is 2.64 bits per heavy atom. The third-order valence-corrected chi connectivity index (χ3v) is 8.46. The van der Waals surface area contributed by atoms with Crippen LogP contribution >= 0.6 is 0 Å². The van der Waals surface area contributed by atoms with Crippen LogP contribution in [0.4, 0.5) is 8.78 Å². The van der Waals surface area contributed by atoms with E-state index in [1.54, 1.807) is 12.1 Å². The first kappa shape index (κ1) is 22.8. The van der Waals surface area contributed by atoms with Crippen molar-refractivity contribution in [1.29, 1.82) is 0 Å². The molecule has 3 heterocycles. The van der Waals surface area contributed by atoms with Crippen molar-refractivity contribution >= 4 is 10.8 Å². The minimum absolute atomic E-state index is 0.0308. The zero-order valence-electron chi connectivity index (χ0n) is 19.6. The number of fused-ring (bicyclic) bond motifs is 5. The molecule has 0 radical (unpaired) electrons. The second kappa shape index (κ2) is 7.66. The Morgan fingerprint density at radius 2 is 1.94 bits per heavy atom. The van der Waals surface area contributed by atoms with Gasteiger partial charge in [-0.3, -0.25) is 4.21 Å². The van der Waals surface area contributed by atoms with Gasteiger partial charge in [0.1, 0.15) is 17.3 Å². The summed E-state index contributed by atoms with van der Waals surface area (Å²) in [6.45, 7) is 4.23. The van der Waals surface area contributed by atoms with Crippen molar-refractivity contribution in [2.45, 2.75) is 43.2 Å². The van der Waals surface area contributed by atoms with Gasteiger partial charge in [-0.2, -0.15) is 10.1 Å². The van der Waals surface area contributed by atoms with Crippen LogP contribution in [0.5, 0.6) is 0 Å². The lowest BCUT2D eigenvalue weighted by Crippen LogP contribution is -2.41. The fourth-order valence-corrected chi connectivity index (χ4v) is 6.42. The highest BCUT2D eigenvalue weighted by Crippen LogP contribution is 2.69. The van der Waals surface area contributed by atoms with E-state index >= 15 is 0 Å². The molecule has 4 aromatic rings. The predicted octanol–water partition coefficient (Wildman–Crippen LogP) is 2.97. The normalized spacial score (nSPS) is 22.5. The summed E-state index contributed by atoms with van der Waals surface area (Å²) in [6, 6.07) is 7.10. The van der Waals surface area contributed by atoms with Crippen LogP contribution in [-0.4, -0.2) is 40.4 Å². The summed E-state index contributed by atoms with van der Waals surface area (Å²) in [4.78, 5) is 8.69. The molecule has 9 nitrogen and oxygen atoms in total. The number of halogens is 2. The van der Waals surface area contributed by atoms with Crippen molar-refractivity contribution in [1.82, 2.24) is 29.9 Å². The van der Waals surface area contributed by atoms with E-state index in [2.05, 4.69) is 34.1 Å². The highest BCUT2D eigenvalue weighted by Gasteiger charge is 2.66. The molecule has 0 saturated heterocycles. The molecule has 0 N–H and O–H groups in total. The van der Waals surface area contributed by atoms with E-state index < -0.39 is 27.8 Å². The van der Waals surface area contributed by atoms with Crippen LogP contribution < -0.4 is 4.73 Å². The Kier molecular flexibility index (Phi) is 4.85. The van der Waals surface area contributed by atoms with E-state index in [4.69, 9.17) is 4.98 Å². The Balaban J connectivity index is 1.52. The van der Waals surface area contributed by atoms with Crippen molar-refractivity contribution in [3.63, 3.8) is 0 Å². The molecule has 2 aliphatic carbocycles. The van der Waals surface area contributed by atoms with Crippen molar-refractivity contribution in [3.05, 3.63) is 76.6 Å². The Morgan fingerprint density at radius 1 is 1.19 bits per heavy atom. The lowest BCUT2D eigenvalue weighted by atomic mass is 9.66. The molecular weight excluding hydrogens is 488 g/mol. The fourth-order valence-electron chi connectivity index (χ4n) is 6.02. The van der Waals surface area contributed by atoms with Crippen LogP contribution in [0.2, 0.25) is 0 Å². The monoisotopic (exact) mass is 509 g/mol. The van der Waals surface area contributed by atoms with Gasteiger partial charge >= 0.3 is 5.95 Å². The maximum atomic E-state index is 14.5. The molecule has 2 bridgehead atoms. The number of benzene rings is 1. The zero-order valence-corrected chi connectivity index (χ0v) is 20.5. The third kappa shape index (κ3) is 2.93. The molecular formula is C24H21F2N7O2S. The van der Waals surface area contributed by atoms with Crippen LogP contribution in [0.15, 0.2) is 48.0 Å². The molecule has 12 heteroatoms. The maximum Gasteiger partial charge on any atom is 0.424 e. The molecule has 0 amide bonds. The van der Waals surface area contributed by atoms with Crippen LogP contribution in [-0.2, 0) is 16.2 Å². The molecule has 0 aliphatic heterocycles. The van der Waals surface area contributed by atoms with Gasteiger partial charge in [0.15, 0.2) is 6.33 Å². The van der Waals surface area contributed by atoms with Gasteiger partial charge in [0.25, 0.3) is 5.16 Å². The molecule has 36 heavy (non-hydrogen) atoms. The fraction of sp³-hybridized carbons (Fsp3) is 0.333. The molecule has 3 atom stereocenters. The zero-order chi connectivity index (χ0) is 25.4. The largest absolute Gasteiger partial charge is 0.740 e. The summed E-state index contributed by atoms with van der Waals surface area (Å²) in [7, 11) is -1.42. The smallest absolute Gasteiger partial charge is 0.424 e. The first-order valence-electron chi connectivity index (χ1n) is 11.3. The molecule has 1 saturated carbocycles. The predicted molar refractivity (Wildman–Crippen MR) is 124 cm³/mol. The van der Waals surface area contributed by atoms with E-state index in [1.807, 2.05) is 0 Å². The third-order valence-electron chi connectivity index (χ3n) is 7.76. The molecule has 1 fully saturated rings. The van der Waals surface area contributed by atoms with E-state index in [0.29, 0.717) is 16.1 Å². The topological polar surface area (TPSA) is 113 Å². The van der Waals surface area contributed by atoms with Crippen molar-refractivity contribution in [2.24, 2.45) is 5.41 Å². The average Bonchev–Trinajstić information content (AvgIpc) is 3.48. The van der Waals surface area contributed by atoms with Crippen LogP contribution in [0.3, 0.4) is 0 Å². The van der Waals surface area contributed by atoms with Gasteiger partial charge in [-0.25, -0.2) is 13.5 Å². The van der Waals surface area contributed by atoms with Crippen molar-refractivity contribution in [2.75, 3.05) is 6.26 Å². The van der Waals surface area contributed by atoms with Gasteiger partial charge in [-0.1, -0.05) is 34.7 Å². The molecule has 3 aromatic heterocycles. The molecule has 1 unspecified atom stereocenters. The number of nitrogens with zero attached hydrogens (tertiary/aromatic N) is 7. The molecule has 0 spiro atoms. The highest BCUT2D eigenvalue weighted by atomic mass is 32.2.